The number of rotatable bonds is 11. The van der Waals surface area contributed by atoms with Crippen LogP contribution in [0, 0.1) is 23.7 Å². The lowest BCUT2D eigenvalue weighted by molar-refractivity contribution is -0.247. The van der Waals surface area contributed by atoms with Crippen molar-refractivity contribution < 1.29 is 48.3 Å². The summed E-state index contributed by atoms with van der Waals surface area (Å²) >= 11 is 0. The lowest BCUT2D eigenvalue weighted by Crippen LogP contribution is -2.56. The van der Waals surface area contributed by atoms with Crippen molar-refractivity contribution in [3.8, 4) is 0 Å². The highest BCUT2D eigenvalue weighted by atomic mass is 16.7. The molecule has 2 aliphatic heterocycles. The second-order valence-electron chi connectivity index (χ2n) is 16.5. The van der Waals surface area contributed by atoms with E-state index in [-0.39, 0.29) is 55.9 Å². The molecule has 0 spiro atoms. The van der Waals surface area contributed by atoms with Gasteiger partial charge in [-0.15, -0.1) is 0 Å². The predicted molar refractivity (Wildman–Crippen MR) is 205 cm³/mol. The molecule has 0 aromatic heterocycles. The van der Waals surface area contributed by atoms with Crippen LogP contribution in [0.3, 0.4) is 0 Å². The predicted octanol–water partition coefficient (Wildman–Crippen LogP) is 3.56. The van der Waals surface area contributed by atoms with Crippen molar-refractivity contribution in [2.45, 2.75) is 142 Å². The van der Waals surface area contributed by atoms with Crippen LogP contribution in [0.15, 0.2) is 24.3 Å². The van der Waals surface area contributed by atoms with Crippen molar-refractivity contribution in [2.75, 3.05) is 41.4 Å². The quantitative estimate of drug-likeness (QED) is 0.224. The molecular formula is C41H69N3O10. The van der Waals surface area contributed by atoms with E-state index in [1.54, 1.807) is 39.6 Å². The van der Waals surface area contributed by atoms with Gasteiger partial charge in [-0.3, -0.25) is 14.4 Å². The Hall–Kier alpha value is -2.65. The summed E-state index contributed by atoms with van der Waals surface area (Å²) in [4.78, 5) is 42.9. The molecular weight excluding hydrogens is 694 g/mol. The molecule has 2 heterocycles. The number of likely N-dealkylation sites (N-methyl/N-ethyl adjacent to an activating group) is 2. The molecule has 2 aliphatic rings. The summed E-state index contributed by atoms with van der Waals surface area (Å²) in [7, 11) is 7.19. The zero-order valence-electron chi connectivity index (χ0n) is 34.7. The van der Waals surface area contributed by atoms with Crippen LogP contribution < -0.4 is 5.32 Å². The maximum absolute atomic E-state index is 14.1. The van der Waals surface area contributed by atoms with Gasteiger partial charge < -0.3 is 49.0 Å². The van der Waals surface area contributed by atoms with Crippen LogP contribution in [0.5, 0.6) is 0 Å². The maximum Gasteiger partial charge on any atom is 0.302 e. The van der Waals surface area contributed by atoms with E-state index in [9.17, 15) is 24.6 Å². The SMILES string of the molecule is COC[C@H](O[C@H]1[C@H](C)[C@@H](C[C@@H]2O[C@H](C)C[C@H](N(C)C)[C@H]2O)[C@](C)(O)C[C@@H](C)CN(C)C(=O)Cc2cccc(c2)CNC(=O)[C@@H]1C)O[C@@H](C)[C@@H](C)OC(C)=O. The second-order valence-corrected chi connectivity index (χ2v) is 16.5. The number of hydrogen-bond acceptors (Lipinski definition) is 11. The van der Waals surface area contributed by atoms with Crippen LogP contribution in [-0.4, -0.2) is 134 Å². The van der Waals surface area contributed by atoms with Crippen LogP contribution in [0.2, 0.25) is 0 Å². The third-order valence-corrected chi connectivity index (χ3v) is 11.3. The van der Waals surface area contributed by atoms with E-state index >= 15 is 0 Å². The van der Waals surface area contributed by atoms with Crippen molar-refractivity contribution in [1.82, 2.24) is 15.1 Å². The summed E-state index contributed by atoms with van der Waals surface area (Å²) in [6.45, 7) is 15.1. The summed E-state index contributed by atoms with van der Waals surface area (Å²) < 4.78 is 30.4. The van der Waals surface area contributed by atoms with Crippen LogP contribution in [0.4, 0.5) is 0 Å². The molecule has 13 atom stereocenters. The summed E-state index contributed by atoms with van der Waals surface area (Å²) in [6.07, 6.45) is -3.04. The smallest absolute Gasteiger partial charge is 0.302 e. The van der Waals surface area contributed by atoms with E-state index in [4.69, 9.17) is 23.7 Å². The summed E-state index contributed by atoms with van der Waals surface area (Å²) in [5.74, 6) is -2.64. The first-order valence-corrected chi connectivity index (χ1v) is 19.5. The Kier molecular flexibility index (Phi) is 17.4. The lowest BCUT2D eigenvalue weighted by atomic mass is 9.68. The van der Waals surface area contributed by atoms with Gasteiger partial charge in [0.05, 0.1) is 55.1 Å². The number of carbonyl (C=O) groups excluding carboxylic acids is 3. The minimum absolute atomic E-state index is 0.0203. The number of amides is 2. The van der Waals surface area contributed by atoms with Crippen molar-refractivity contribution >= 4 is 17.8 Å². The Morgan fingerprint density at radius 1 is 1.13 bits per heavy atom. The first kappa shape index (κ1) is 45.7. The number of hydrogen-bond donors (Lipinski definition) is 3. The molecule has 1 fully saturated rings. The minimum Gasteiger partial charge on any atom is -0.460 e. The molecule has 54 heavy (non-hydrogen) atoms. The van der Waals surface area contributed by atoms with Gasteiger partial charge in [-0.05, 0) is 89.9 Å². The molecule has 308 valence electrons. The van der Waals surface area contributed by atoms with Gasteiger partial charge in [-0.2, -0.15) is 0 Å². The number of nitrogens with one attached hydrogen (secondary N) is 1. The standard InChI is InChI=1S/C41H69N3O10/c1-24-20-41(8,49)33(19-35-38(47)34(43(9)10)16-25(2)51-35)26(3)39(54-37(23-50-12)53-29(6)28(5)52-30(7)45)27(4)40(48)42-21-32-15-13-14-31(17-32)18-36(46)44(11)22-24/h13-15,17,24-29,33-35,37-39,47,49H,16,18-23H2,1-12H3,(H,42,48)/t24-,25-,26-,27-,28-,29+,33-,34+,35+,37+,38-,39+,41-/m1/s1. The zero-order valence-corrected chi connectivity index (χ0v) is 34.7. The molecule has 0 saturated carbocycles. The first-order chi connectivity index (χ1) is 25.2. The maximum atomic E-state index is 14.1. The van der Waals surface area contributed by atoms with Crippen molar-refractivity contribution in [3.63, 3.8) is 0 Å². The number of fused-ring (bicyclic) bond motifs is 2. The molecule has 0 unspecified atom stereocenters. The first-order valence-electron chi connectivity index (χ1n) is 19.5. The Morgan fingerprint density at radius 3 is 2.43 bits per heavy atom. The summed E-state index contributed by atoms with van der Waals surface area (Å²) in [6, 6.07) is 7.48. The fourth-order valence-corrected chi connectivity index (χ4v) is 8.36. The summed E-state index contributed by atoms with van der Waals surface area (Å²) in [5, 5.41) is 27.4. The van der Waals surface area contributed by atoms with E-state index in [0.29, 0.717) is 19.4 Å². The molecule has 3 rings (SSSR count). The topological polar surface area (TPSA) is 156 Å². The molecule has 2 bridgehead atoms. The molecule has 13 nitrogen and oxygen atoms in total. The fraction of sp³-hybridized carbons (Fsp3) is 0.780. The number of aliphatic hydroxyl groups excluding tert-OH is 1. The highest BCUT2D eigenvalue weighted by molar-refractivity contribution is 5.79. The fourth-order valence-electron chi connectivity index (χ4n) is 8.36. The van der Waals surface area contributed by atoms with Crippen LogP contribution in [0.25, 0.3) is 0 Å². The number of aliphatic hydroxyl groups is 2. The van der Waals surface area contributed by atoms with E-state index in [0.717, 1.165) is 11.1 Å². The van der Waals surface area contributed by atoms with Gasteiger partial charge in [-0.25, -0.2) is 0 Å². The molecule has 0 radical (unpaired) electrons. The normalized spacial score (nSPS) is 33.8. The van der Waals surface area contributed by atoms with Gasteiger partial charge in [-0.1, -0.05) is 45.0 Å². The van der Waals surface area contributed by atoms with Crippen molar-refractivity contribution in [1.29, 1.82) is 0 Å². The number of ether oxygens (including phenoxy) is 5. The zero-order chi connectivity index (χ0) is 40.5. The van der Waals surface area contributed by atoms with Crippen LogP contribution in [-0.2, 0) is 51.0 Å². The van der Waals surface area contributed by atoms with Gasteiger partial charge in [0, 0.05) is 40.2 Å². The number of esters is 1. The van der Waals surface area contributed by atoms with E-state index in [1.165, 1.54) is 14.0 Å². The van der Waals surface area contributed by atoms with E-state index in [1.807, 2.05) is 64.0 Å². The highest BCUT2D eigenvalue weighted by Gasteiger charge is 2.48. The Bertz CT molecular complexity index is 1360. The van der Waals surface area contributed by atoms with Gasteiger partial charge in [0.1, 0.15) is 6.10 Å². The monoisotopic (exact) mass is 763 g/mol. The third-order valence-electron chi connectivity index (χ3n) is 11.3. The average molecular weight is 764 g/mol. The molecule has 3 N–H and O–H groups in total. The number of benzene rings is 1. The molecule has 2 amide bonds. The van der Waals surface area contributed by atoms with Gasteiger partial charge in [0.15, 0.2) is 6.29 Å². The van der Waals surface area contributed by atoms with Crippen molar-refractivity contribution in [2.24, 2.45) is 23.7 Å². The average Bonchev–Trinajstić information content (AvgIpc) is 3.07. The molecule has 1 aromatic carbocycles. The number of carbonyl (C=O) groups is 3. The van der Waals surface area contributed by atoms with E-state index < -0.39 is 66.1 Å². The molecule has 13 heteroatoms. The Morgan fingerprint density at radius 2 is 1.80 bits per heavy atom. The molecule has 1 saturated heterocycles. The van der Waals surface area contributed by atoms with Gasteiger partial charge in [0.2, 0.25) is 11.8 Å². The summed E-state index contributed by atoms with van der Waals surface area (Å²) in [5.41, 5.74) is 0.348. The minimum atomic E-state index is -1.35. The van der Waals surface area contributed by atoms with E-state index in [2.05, 4.69) is 5.32 Å². The second kappa shape index (κ2) is 20.5. The Balaban J connectivity index is 2.12. The lowest BCUT2D eigenvalue weighted by Gasteiger charge is -2.47. The van der Waals surface area contributed by atoms with Crippen LogP contribution in [0.1, 0.15) is 85.8 Å². The Labute approximate surface area is 323 Å². The number of methoxy groups -OCH3 is 1. The largest absolute Gasteiger partial charge is 0.460 e. The van der Waals surface area contributed by atoms with Gasteiger partial charge in [0.25, 0.3) is 0 Å². The number of nitrogens with zero attached hydrogens (tertiary/aromatic N) is 2. The third kappa shape index (κ3) is 13.0. The molecule has 0 aliphatic carbocycles. The van der Waals surface area contributed by atoms with Gasteiger partial charge >= 0.3 is 5.97 Å². The van der Waals surface area contributed by atoms with Crippen LogP contribution >= 0.6 is 0 Å². The van der Waals surface area contributed by atoms with Crippen molar-refractivity contribution in [3.05, 3.63) is 35.4 Å². The molecule has 1 aromatic rings. The highest BCUT2D eigenvalue weighted by Crippen LogP contribution is 2.41.